The maximum atomic E-state index is 9.44. The SMILES string of the molecule is OCCC[C@@H](O)[C@H]1CCCO1. The predicted octanol–water partition coefficient (Wildman–Crippen LogP) is 0.299. The van der Waals surface area contributed by atoms with E-state index in [0.29, 0.717) is 12.8 Å². The van der Waals surface area contributed by atoms with Gasteiger partial charge in [-0.15, -0.1) is 0 Å². The van der Waals surface area contributed by atoms with E-state index in [1.165, 1.54) is 0 Å². The van der Waals surface area contributed by atoms with Gasteiger partial charge in [0.15, 0.2) is 0 Å². The van der Waals surface area contributed by atoms with Crippen molar-refractivity contribution in [3.05, 3.63) is 0 Å². The van der Waals surface area contributed by atoms with Crippen LogP contribution in [0.3, 0.4) is 0 Å². The zero-order valence-electron chi connectivity index (χ0n) is 6.70. The summed E-state index contributed by atoms with van der Waals surface area (Å²) in [5.74, 6) is 0. The Morgan fingerprint density at radius 3 is 2.91 bits per heavy atom. The summed E-state index contributed by atoms with van der Waals surface area (Å²) < 4.78 is 5.28. The molecule has 1 saturated heterocycles. The zero-order valence-corrected chi connectivity index (χ0v) is 6.70. The van der Waals surface area contributed by atoms with Crippen LogP contribution in [-0.4, -0.2) is 35.6 Å². The molecule has 0 bridgehead atoms. The van der Waals surface area contributed by atoms with Gasteiger partial charge in [-0.05, 0) is 25.7 Å². The number of rotatable bonds is 4. The van der Waals surface area contributed by atoms with E-state index in [0.717, 1.165) is 19.4 Å². The van der Waals surface area contributed by atoms with Gasteiger partial charge in [0.2, 0.25) is 0 Å². The van der Waals surface area contributed by atoms with Crippen molar-refractivity contribution in [2.75, 3.05) is 13.2 Å². The molecule has 1 aliphatic heterocycles. The highest BCUT2D eigenvalue weighted by Gasteiger charge is 2.23. The third-order valence-electron chi connectivity index (χ3n) is 2.05. The van der Waals surface area contributed by atoms with Crippen molar-refractivity contribution in [1.82, 2.24) is 0 Å². The van der Waals surface area contributed by atoms with Crippen LogP contribution >= 0.6 is 0 Å². The van der Waals surface area contributed by atoms with Crippen molar-refractivity contribution in [3.8, 4) is 0 Å². The Morgan fingerprint density at radius 1 is 1.55 bits per heavy atom. The highest BCUT2D eigenvalue weighted by Crippen LogP contribution is 2.17. The quantitative estimate of drug-likeness (QED) is 0.622. The monoisotopic (exact) mass is 160 g/mol. The van der Waals surface area contributed by atoms with Gasteiger partial charge in [0.25, 0.3) is 0 Å². The largest absolute Gasteiger partial charge is 0.396 e. The maximum absolute atomic E-state index is 9.44. The zero-order chi connectivity index (χ0) is 8.10. The number of aliphatic hydroxyl groups excluding tert-OH is 2. The Bertz CT molecular complexity index is 99.5. The second kappa shape index (κ2) is 4.70. The minimum atomic E-state index is -0.371. The predicted molar refractivity (Wildman–Crippen MR) is 41.3 cm³/mol. The Hall–Kier alpha value is -0.120. The Balaban J connectivity index is 2.12. The Kier molecular flexibility index (Phi) is 3.83. The number of hydrogen-bond donors (Lipinski definition) is 2. The van der Waals surface area contributed by atoms with Crippen LogP contribution in [0.4, 0.5) is 0 Å². The molecule has 1 fully saturated rings. The first-order valence-electron chi connectivity index (χ1n) is 4.25. The molecule has 1 aliphatic rings. The van der Waals surface area contributed by atoms with Crippen molar-refractivity contribution < 1.29 is 14.9 Å². The van der Waals surface area contributed by atoms with Gasteiger partial charge >= 0.3 is 0 Å². The van der Waals surface area contributed by atoms with Crippen LogP contribution in [0.5, 0.6) is 0 Å². The smallest absolute Gasteiger partial charge is 0.0834 e. The summed E-state index contributed by atoms with van der Waals surface area (Å²) in [6.07, 6.45) is 3.00. The number of aliphatic hydroxyl groups is 2. The van der Waals surface area contributed by atoms with Gasteiger partial charge in [-0.2, -0.15) is 0 Å². The van der Waals surface area contributed by atoms with Crippen molar-refractivity contribution in [2.45, 2.75) is 37.9 Å². The van der Waals surface area contributed by atoms with Crippen molar-refractivity contribution >= 4 is 0 Å². The summed E-state index contributed by atoms with van der Waals surface area (Å²) in [5.41, 5.74) is 0. The van der Waals surface area contributed by atoms with Crippen LogP contribution in [0.15, 0.2) is 0 Å². The van der Waals surface area contributed by atoms with Gasteiger partial charge in [0, 0.05) is 13.2 Å². The lowest BCUT2D eigenvalue weighted by Crippen LogP contribution is -2.25. The average Bonchev–Trinajstić information content (AvgIpc) is 2.52. The third kappa shape index (κ3) is 2.77. The summed E-state index contributed by atoms with van der Waals surface area (Å²) in [5, 5.41) is 17.9. The van der Waals surface area contributed by atoms with Crippen LogP contribution in [0.1, 0.15) is 25.7 Å². The lowest BCUT2D eigenvalue weighted by atomic mass is 10.1. The molecule has 1 rings (SSSR count). The molecule has 1 heterocycles. The highest BCUT2D eigenvalue weighted by atomic mass is 16.5. The lowest BCUT2D eigenvalue weighted by molar-refractivity contribution is -0.00787. The van der Waals surface area contributed by atoms with E-state index in [-0.39, 0.29) is 18.8 Å². The van der Waals surface area contributed by atoms with Gasteiger partial charge in [-0.25, -0.2) is 0 Å². The summed E-state index contributed by atoms with van der Waals surface area (Å²) in [6.45, 7) is 0.935. The lowest BCUT2D eigenvalue weighted by Gasteiger charge is -2.16. The van der Waals surface area contributed by atoms with Crippen molar-refractivity contribution in [3.63, 3.8) is 0 Å². The maximum Gasteiger partial charge on any atom is 0.0834 e. The minimum Gasteiger partial charge on any atom is -0.396 e. The topological polar surface area (TPSA) is 49.7 Å². The first kappa shape index (κ1) is 8.97. The molecule has 0 radical (unpaired) electrons. The molecule has 66 valence electrons. The van der Waals surface area contributed by atoms with E-state index in [2.05, 4.69) is 0 Å². The van der Waals surface area contributed by atoms with Crippen LogP contribution in [0, 0.1) is 0 Å². The highest BCUT2D eigenvalue weighted by molar-refractivity contribution is 4.73. The Morgan fingerprint density at radius 2 is 2.36 bits per heavy atom. The minimum absolute atomic E-state index is 0.0292. The molecular weight excluding hydrogens is 144 g/mol. The molecule has 11 heavy (non-hydrogen) atoms. The summed E-state index contributed by atoms with van der Waals surface area (Å²) in [6, 6.07) is 0. The molecule has 0 spiro atoms. The standard InChI is InChI=1S/C8H16O3/c9-5-1-3-7(10)8-4-2-6-11-8/h7-10H,1-6H2/t7-,8-/m1/s1. The molecule has 0 amide bonds. The number of hydrogen-bond acceptors (Lipinski definition) is 3. The molecule has 2 N–H and O–H groups in total. The van der Waals surface area contributed by atoms with Crippen LogP contribution in [0.25, 0.3) is 0 Å². The average molecular weight is 160 g/mol. The molecule has 0 saturated carbocycles. The van der Waals surface area contributed by atoms with Gasteiger partial charge in [0.05, 0.1) is 12.2 Å². The molecule has 3 heteroatoms. The second-order valence-corrected chi connectivity index (χ2v) is 2.98. The van der Waals surface area contributed by atoms with E-state index in [9.17, 15) is 5.11 Å². The summed E-state index contributed by atoms with van der Waals surface area (Å²) in [7, 11) is 0. The van der Waals surface area contributed by atoms with E-state index in [1.807, 2.05) is 0 Å². The van der Waals surface area contributed by atoms with Gasteiger partial charge in [-0.1, -0.05) is 0 Å². The van der Waals surface area contributed by atoms with E-state index in [1.54, 1.807) is 0 Å². The molecule has 0 aromatic heterocycles. The molecule has 0 aliphatic carbocycles. The fourth-order valence-electron chi connectivity index (χ4n) is 1.39. The normalized spacial score (nSPS) is 27.3. The molecule has 0 aromatic carbocycles. The van der Waals surface area contributed by atoms with Gasteiger partial charge < -0.3 is 14.9 Å². The van der Waals surface area contributed by atoms with Crippen LogP contribution in [-0.2, 0) is 4.74 Å². The van der Waals surface area contributed by atoms with Gasteiger partial charge in [-0.3, -0.25) is 0 Å². The molecule has 0 aromatic rings. The van der Waals surface area contributed by atoms with Crippen molar-refractivity contribution in [2.24, 2.45) is 0 Å². The van der Waals surface area contributed by atoms with Crippen LogP contribution < -0.4 is 0 Å². The first-order valence-corrected chi connectivity index (χ1v) is 4.25. The fourth-order valence-corrected chi connectivity index (χ4v) is 1.39. The van der Waals surface area contributed by atoms with E-state index >= 15 is 0 Å². The van der Waals surface area contributed by atoms with Crippen LogP contribution in [0.2, 0.25) is 0 Å². The molecule has 0 unspecified atom stereocenters. The molecule has 2 atom stereocenters. The first-order chi connectivity index (χ1) is 5.34. The fraction of sp³-hybridized carbons (Fsp3) is 1.00. The van der Waals surface area contributed by atoms with Crippen molar-refractivity contribution in [1.29, 1.82) is 0 Å². The summed E-state index contributed by atoms with van der Waals surface area (Å²) >= 11 is 0. The number of ether oxygens (including phenoxy) is 1. The molecular formula is C8H16O3. The van der Waals surface area contributed by atoms with Gasteiger partial charge in [0.1, 0.15) is 0 Å². The third-order valence-corrected chi connectivity index (χ3v) is 2.05. The summed E-state index contributed by atoms with van der Waals surface area (Å²) in [4.78, 5) is 0. The molecule has 3 nitrogen and oxygen atoms in total. The second-order valence-electron chi connectivity index (χ2n) is 2.98. The van der Waals surface area contributed by atoms with E-state index in [4.69, 9.17) is 9.84 Å². The van der Waals surface area contributed by atoms with E-state index < -0.39 is 0 Å². The Labute approximate surface area is 67.0 Å².